The van der Waals surface area contributed by atoms with Crippen molar-refractivity contribution in [1.29, 1.82) is 0 Å². The fourth-order valence-electron chi connectivity index (χ4n) is 5.11. The first-order valence-corrected chi connectivity index (χ1v) is 13.5. The van der Waals surface area contributed by atoms with E-state index < -0.39 is 0 Å². The Morgan fingerprint density at radius 3 is 2.39 bits per heavy atom. The number of hydrogen-bond donors (Lipinski definition) is 0. The first-order chi connectivity index (χ1) is 19.6. The van der Waals surface area contributed by atoms with Crippen molar-refractivity contribution >= 4 is 22.5 Å². The van der Waals surface area contributed by atoms with Gasteiger partial charge in [-0.1, -0.05) is 20.8 Å². The van der Waals surface area contributed by atoms with Gasteiger partial charge in [0.2, 0.25) is 0 Å². The number of ketones is 2. The van der Waals surface area contributed by atoms with E-state index in [1.807, 2.05) is 20.8 Å². The zero-order chi connectivity index (χ0) is 29.3. The van der Waals surface area contributed by atoms with E-state index in [0.717, 1.165) is 11.1 Å². The summed E-state index contributed by atoms with van der Waals surface area (Å²) in [6, 6.07) is 10.2. The molecule has 5 rings (SSSR count). The topological polar surface area (TPSA) is 110 Å². The highest BCUT2D eigenvalue weighted by molar-refractivity contribution is 6.02. The van der Waals surface area contributed by atoms with Crippen molar-refractivity contribution in [2.75, 3.05) is 14.2 Å². The van der Waals surface area contributed by atoms with E-state index in [9.17, 15) is 14.4 Å². The molecule has 1 aromatic carbocycles. The maximum Gasteiger partial charge on any atom is 0.261 e. The van der Waals surface area contributed by atoms with Crippen LogP contribution in [0.1, 0.15) is 65.7 Å². The van der Waals surface area contributed by atoms with Crippen LogP contribution in [0.5, 0.6) is 23.0 Å². The summed E-state index contributed by atoms with van der Waals surface area (Å²) < 4.78 is 18.5. The zero-order valence-electron chi connectivity index (χ0n) is 23.9. The number of carbonyl (C=O) groups is 2. The van der Waals surface area contributed by atoms with Crippen LogP contribution < -0.4 is 19.8 Å². The number of nitrogens with zero attached hydrogens (tertiary/aromatic N) is 3. The maximum atomic E-state index is 13.5. The number of aromatic nitrogens is 3. The van der Waals surface area contributed by atoms with E-state index in [4.69, 9.17) is 14.2 Å². The fourth-order valence-corrected chi connectivity index (χ4v) is 5.11. The second kappa shape index (κ2) is 11.2. The minimum absolute atomic E-state index is 0.0257. The Hall–Kier alpha value is -4.53. The molecule has 0 amide bonds. The molecule has 9 heteroatoms. The predicted octanol–water partition coefficient (Wildman–Crippen LogP) is 5.59. The van der Waals surface area contributed by atoms with E-state index in [1.165, 1.54) is 12.3 Å². The Kier molecular flexibility index (Phi) is 7.62. The molecule has 0 unspecified atom stereocenters. The maximum absolute atomic E-state index is 13.5. The van der Waals surface area contributed by atoms with Crippen molar-refractivity contribution < 1.29 is 23.8 Å². The Balaban J connectivity index is 1.39. The van der Waals surface area contributed by atoms with E-state index >= 15 is 0 Å². The number of hydrogen-bond acceptors (Lipinski definition) is 8. The molecule has 0 N–H and O–H groups in total. The van der Waals surface area contributed by atoms with Crippen LogP contribution in [0.3, 0.4) is 0 Å². The number of pyridine rings is 3. The van der Waals surface area contributed by atoms with E-state index in [1.54, 1.807) is 55.3 Å². The van der Waals surface area contributed by atoms with Crippen LogP contribution in [0.2, 0.25) is 0 Å². The number of rotatable bonds is 8. The van der Waals surface area contributed by atoms with Crippen molar-refractivity contribution in [3.63, 3.8) is 0 Å². The summed E-state index contributed by atoms with van der Waals surface area (Å²) in [6.07, 6.45) is 4.87. The summed E-state index contributed by atoms with van der Waals surface area (Å²) >= 11 is 0. The quantitative estimate of drug-likeness (QED) is 0.259. The van der Waals surface area contributed by atoms with Gasteiger partial charge in [-0.2, -0.15) is 0 Å². The molecule has 0 spiro atoms. The first-order valence-electron chi connectivity index (χ1n) is 13.5. The van der Waals surface area contributed by atoms with Gasteiger partial charge in [-0.3, -0.25) is 24.4 Å². The fraction of sp³-hybridized carbons (Fsp3) is 0.344. The van der Waals surface area contributed by atoms with E-state index in [0.29, 0.717) is 65.6 Å². The molecule has 0 radical (unpaired) electrons. The lowest BCUT2D eigenvalue weighted by atomic mass is 9.90. The predicted molar refractivity (Wildman–Crippen MR) is 155 cm³/mol. The summed E-state index contributed by atoms with van der Waals surface area (Å²) in [5.41, 5.74) is 1.85. The summed E-state index contributed by atoms with van der Waals surface area (Å²) in [5.74, 6) is 1.74. The van der Waals surface area contributed by atoms with Crippen molar-refractivity contribution in [3.05, 3.63) is 81.7 Å². The molecule has 0 atom stereocenters. The molecular formula is C32H33N3O6. The second-order valence-electron chi connectivity index (χ2n) is 11.4. The van der Waals surface area contributed by atoms with Gasteiger partial charge < -0.3 is 18.8 Å². The number of methoxy groups -OCH3 is 2. The lowest BCUT2D eigenvalue weighted by molar-refractivity contribution is 0.0969. The van der Waals surface area contributed by atoms with Crippen LogP contribution >= 0.6 is 0 Å². The molecule has 3 heterocycles. The molecule has 1 aliphatic carbocycles. The highest BCUT2D eigenvalue weighted by Gasteiger charge is 2.27. The Bertz CT molecular complexity index is 1700. The van der Waals surface area contributed by atoms with Crippen LogP contribution in [0.15, 0.2) is 53.6 Å². The molecule has 212 valence electrons. The molecule has 41 heavy (non-hydrogen) atoms. The van der Waals surface area contributed by atoms with Gasteiger partial charge in [0, 0.05) is 47.6 Å². The number of Topliss-reactive ketones (excluding diaryl/α,β-unsaturated/α-hetero) is 2. The summed E-state index contributed by atoms with van der Waals surface area (Å²) in [7, 11) is 3.13. The van der Waals surface area contributed by atoms with E-state index in [2.05, 4.69) is 9.97 Å². The van der Waals surface area contributed by atoms with Crippen molar-refractivity contribution in [3.8, 4) is 23.0 Å². The average Bonchev–Trinajstić information content (AvgIpc) is 2.94. The monoisotopic (exact) mass is 555 g/mol. The van der Waals surface area contributed by atoms with Crippen LogP contribution in [-0.4, -0.2) is 40.3 Å². The molecule has 3 aromatic heterocycles. The van der Waals surface area contributed by atoms with Gasteiger partial charge >= 0.3 is 0 Å². The molecule has 1 aliphatic rings. The Labute approximate surface area is 238 Å². The molecule has 4 aromatic rings. The molecule has 9 nitrogen and oxygen atoms in total. The summed E-state index contributed by atoms with van der Waals surface area (Å²) in [5, 5.41) is 0.734. The van der Waals surface area contributed by atoms with Crippen LogP contribution in [0.25, 0.3) is 10.9 Å². The zero-order valence-corrected chi connectivity index (χ0v) is 23.9. The number of fused-ring (bicyclic) bond motifs is 2. The molecule has 0 fully saturated rings. The van der Waals surface area contributed by atoms with Crippen molar-refractivity contribution in [2.45, 2.75) is 53.0 Å². The third kappa shape index (κ3) is 5.84. The van der Waals surface area contributed by atoms with Gasteiger partial charge in [0.25, 0.3) is 5.56 Å². The van der Waals surface area contributed by atoms with Crippen molar-refractivity contribution in [2.24, 2.45) is 5.41 Å². The summed E-state index contributed by atoms with van der Waals surface area (Å²) in [6.45, 7) is 6.51. The van der Waals surface area contributed by atoms with Crippen LogP contribution in [0.4, 0.5) is 0 Å². The van der Waals surface area contributed by atoms with Crippen LogP contribution in [-0.2, 0) is 19.4 Å². The van der Waals surface area contributed by atoms with Gasteiger partial charge in [0.05, 0.1) is 37.9 Å². The summed E-state index contributed by atoms with van der Waals surface area (Å²) in [4.78, 5) is 48.3. The minimum Gasteiger partial charge on any atom is -0.493 e. The average molecular weight is 556 g/mol. The van der Waals surface area contributed by atoms with Crippen LogP contribution in [0, 0.1) is 5.41 Å². The molecule has 0 saturated carbocycles. The largest absolute Gasteiger partial charge is 0.493 e. The smallest absolute Gasteiger partial charge is 0.261 e. The number of ether oxygens (including phenoxy) is 3. The van der Waals surface area contributed by atoms with Gasteiger partial charge in [-0.05, 0) is 48.6 Å². The highest BCUT2D eigenvalue weighted by atomic mass is 16.5. The standard InChI is InChI=1S/C32H33N3O6/c1-32(2,3)18-35-25-7-6-8-26(36)22(25)14-23(31(35)38)27(37)13-19-9-10-20(17-34-19)41-28-11-12-33-24-16-30(40-5)29(39-4)15-21(24)28/h9-12,14-17H,6-8,13,18H2,1-5H3. The molecule has 0 bridgehead atoms. The highest BCUT2D eigenvalue weighted by Crippen LogP contribution is 2.36. The normalized spacial score (nSPS) is 13.1. The first kappa shape index (κ1) is 28.0. The Morgan fingerprint density at radius 2 is 1.71 bits per heavy atom. The number of carbonyl (C=O) groups excluding carboxylic acids is 2. The van der Waals surface area contributed by atoms with Gasteiger partial charge in [-0.25, -0.2) is 0 Å². The third-order valence-electron chi connectivity index (χ3n) is 7.03. The van der Waals surface area contributed by atoms with E-state index in [-0.39, 0.29) is 34.5 Å². The SMILES string of the molecule is COc1cc2nccc(Oc3ccc(CC(=O)c4cc5c(n(CC(C)(C)C)c4=O)CCCC5=O)nc3)c2cc1OC. The third-order valence-corrected chi connectivity index (χ3v) is 7.03. The second-order valence-corrected chi connectivity index (χ2v) is 11.4. The Morgan fingerprint density at radius 1 is 0.951 bits per heavy atom. The van der Waals surface area contributed by atoms with Crippen molar-refractivity contribution in [1.82, 2.24) is 14.5 Å². The van der Waals surface area contributed by atoms with Gasteiger partial charge in [0.15, 0.2) is 23.1 Å². The van der Waals surface area contributed by atoms with Gasteiger partial charge in [0.1, 0.15) is 11.5 Å². The molecular weight excluding hydrogens is 522 g/mol. The number of benzene rings is 1. The molecule has 0 saturated heterocycles. The van der Waals surface area contributed by atoms with Gasteiger partial charge in [-0.15, -0.1) is 0 Å². The molecule has 0 aliphatic heterocycles. The lowest BCUT2D eigenvalue weighted by Gasteiger charge is -2.26. The lowest BCUT2D eigenvalue weighted by Crippen LogP contribution is -2.36. The minimum atomic E-state index is -0.374.